The Labute approximate surface area is 180 Å². The van der Waals surface area contributed by atoms with Gasteiger partial charge >= 0.3 is 0 Å². The van der Waals surface area contributed by atoms with Crippen molar-refractivity contribution in [2.24, 2.45) is 0 Å². The molecule has 0 saturated carbocycles. The smallest absolute Gasteiger partial charge is 0.119 e. The zero-order valence-corrected chi connectivity index (χ0v) is 18.4. The van der Waals surface area contributed by atoms with Crippen LogP contribution in [0, 0.1) is 6.92 Å². The summed E-state index contributed by atoms with van der Waals surface area (Å²) in [7, 11) is 4.08. The van der Waals surface area contributed by atoms with Gasteiger partial charge in [-0.05, 0) is 79.5 Å². The Hall–Kier alpha value is -3.04. The van der Waals surface area contributed by atoms with Crippen LogP contribution in [0.2, 0.25) is 0 Å². The van der Waals surface area contributed by atoms with Gasteiger partial charge in [0.25, 0.3) is 0 Å². The number of phenolic OH excluding ortho intramolecular Hbond substituents is 1. The highest BCUT2D eigenvalue weighted by Gasteiger charge is 2.14. The Morgan fingerprint density at radius 2 is 1.53 bits per heavy atom. The van der Waals surface area contributed by atoms with Crippen LogP contribution >= 0.6 is 0 Å². The first-order valence-corrected chi connectivity index (χ1v) is 10.5. The monoisotopic (exact) mass is 401 g/mol. The number of nitrogens with zero attached hydrogens (tertiary/aromatic N) is 1. The molecule has 0 aliphatic rings. The summed E-state index contributed by atoms with van der Waals surface area (Å²) in [5.41, 5.74) is 6.95. The minimum absolute atomic E-state index is 0.271. The van der Waals surface area contributed by atoms with E-state index in [-0.39, 0.29) is 5.75 Å². The van der Waals surface area contributed by atoms with Crippen LogP contribution in [0.3, 0.4) is 0 Å². The first-order valence-electron chi connectivity index (χ1n) is 10.5. The molecule has 0 aromatic heterocycles. The van der Waals surface area contributed by atoms with Gasteiger partial charge in [-0.3, -0.25) is 0 Å². The van der Waals surface area contributed by atoms with Crippen molar-refractivity contribution < 1.29 is 9.84 Å². The van der Waals surface area contributed by atoms with E-state index in [1.165, 1.54) is 16.7 Å². The molecule has 3 aromatic carbocycles. The molecule has 156 valence electrons. The van der Waals surface area contributed by atoms with Crippen molar-refractivity contribution in [3.8, 4) is 11.5 Å². The number of hydrogen-bond acceptors (Lipinski definition) is 3. The fourth-order valence-corrected chi connectivity index (χ4v) is 3.52. The van der Waals surface area contributed by atoms with Crippen molar-refractivity contribution >= 4 is 11.1 Å². The van der Waals surface area contributed by atoms with Crippen LogP contribution in [0.4, 0.5) is 0 Å². The van der Waals surface area contributed by atoms with Crippen LogP contribution in [0.1, 0.15) is 35.6 Å². The summed E-state index contributed by atoms with van der Waals surface area (Å²) < 4.78 is 5.86. The van der Waals surface area contributed by atoms with E-state index in [9.17, 15) is 5.11 Å². The normalized spacial score (nSPS) is 12.0. The predicted octanol–water partition coefficient (Wildman–Crippen LogP) is 6.01. The van der Waals surface area contributed by atoms with E-state index < -0.39 is 0 Å². The summed E-state index contributed by atoms with van der Waals surface area (Å²) in [6.45, 7) is 5.82. The molecule has 3 nitrogen and oxygen atoms in total. The van der Waals surface area contributed by atoms with E-state index in [0.717, 1.165) is 35.4 Å². The maximum Gasteiger partial charge on any atom is 0.119 e. The Balaban J connectivity index is 2.05. The van der Waals surface area contributed by atoms with E-state index in [1.807, 2.05) is 38.4 Å². The minimum atomic E-state index is 0.271. The highest BCUT2D eigenvalue weighted by molar-refractivity contribution is 5.98. The number of phenols is 1. The summed E-state index contributed by atoms with van der Waals surface area (Å²) in [5, 5.41) is 10.1. The standard InChI is InChI=1S/C27H31NO2/c1-5-26(21-11-9-20(2)10-12-21)27(23-7-6-8-24(29)19-23)22-13-15-25(16-14-22)30-18-17-28(3)4/h6-16,19,29H,5,17-18H2,1-4H3/b27-26+. The third-order valence-electron chi connectivity index (χ3n) is 5.14. The molecule has 3 heteroatoms. The molecule has 0 heterocycles. The van der Waals surface area contributed by atoms with Gasteiger partial charge in [-0.1, -0.05) is 61.0 Å². The third kappa shape index (κ3) is 5.52. The number of allylic oxidation sites excluding steroid dienone is 1. The number of aryl methyl sites for hydroxylation is 1. The van der Waals surface area contributed by atoms with Crippen molar-refractivity contribution in [2.75, 3.05) is 27.2 Å². The fourth-order valence-electron chi connectivity index (χ4n) is 3.52. The average Bonchev–Trinajstić information content (AvgIpc) is 2.73. The summed E-state index contributed by atoms with van der Waals surface area (Å²) in [6, 6.07) is 24.4. The fraction of sp³-hybridized carbons (Fsp3) is 0.259. The van der Waals surface area contributed by atoms with Crippen LogP contribution in [-0.4, -0.2) is 37.3 Å². The second kappa shape index (κ2) is 10.1. The molecule has 0 fully saturated rings. The highest BCUT2D eigenvalue weighted by atomic mass is 16.5. The molecule has 0 saturated heterocycles. The Morgan fingerprint density at radius 1 is 0.867 bits per heavy atom. The van der Waals surface area contributed by atoms with Gasteiger partial charge in [0.15, 0.2) is 0 Å². The molecular formula is C27H31NO2. The number of aromatic hydroxyl groups is 1. The van der Waals surface area contributed by atoms with Gasteiger partial charge in [0, 0.05) is 6.54 Å². The molecular weight excluding hydrogens is 370 g/mol. The van der Waals surface area contributed by atoms with E-state index in [1.54, 1.807) is 6.07 Å². The average molecular weight is 402 g/mol. The molecule has 0 unspecified atom stereocenters. The van der Waals surface area contributed by atoms with Crippen LogP contribution in [0.15, 0.2) is 72.8 Å². The lowest BCUT2D eigenvalue weighted by Gasteiger charge is -2.17. The van der Waals surface area contributed by atoms with E-state index >= 15 is 0 Å². The number of hydrogen-bond donors (Lipinski definition) is 1. The lowest BCUT2D eigenvalue weighted by Crippen LogP contribution is -2.19. The molecule has 3 aromatic rings. The van der Waals surface area contributed by atoms with Crippen molar-refractivity contribution in [3.05, 3.63) is 95.1 Å². The zero-order chi connectivity index (χ0) is 21.5. The molecule has 0 radical (unpaired) electrons. The topological polar surface area (TPSA) is 32.7 Å². The highest BCUT2D eigenvalue weighted by Crippen LogP contribution is 2.36. The predicted molar refractivity (Wildman–Crippen MR) is 126 cm³/mol. The molecule has 0 amide bonds. The Bertz CT molecular complexity index is 986. The van der Waals surface area contributed by atoms with Crippen LogP contribution in [0.5, 0.6) is 11.5 Å². The largest absolute Gasteiger partial charge is 0.508 e. The van der Waals surface area contributed by atoms with Crippen LogP contribution in [0.25, 0.3) is 11.1 Å². The number of rotatable bonds is 8. The Kier molecular flexibility index (Phi) is 7.31. The summed E-state index contributed by atoms with van der Waals surface area (Å²) in [5.74, 6) is 1.14. The van der Waals surface area contributed by atoms with Crippen LogP contribution < -0.4 is 4.74 Å². The van der Waals surface area contributed by atoms with Gasteiger partial charge in [0.2, 0.25) is 0 Å². The van der Waals surface area contributed by atoms with E-state index in [4.69, 9.17) is 4.74 Å². The van der Waals surface area contributed by atoms with Crippen molar-refractivity contribution in [1.29, 1.82) is 0 Å². The number of likely N-dealkylation sites (N-methyl/N-ethyl adjacent to an activating group) is 1. The molecule has 1 N–H and O–H groups in total. The summed E-state index contributed by atoms with van der Waals surface area (Å²) in [6.07, 6.45) is 0.884. The zero-order valence-electron chi connectivity index (χ0n) is 18.4. The molecule has 0 aliphatic carbocycles. The molecule has 0 atom stereocenters. The minimum Gasteiger partial charge on any atom is -0.508 e. The quantitative estimate of drug-likeness (QED) is 0.469. The summed E-state index contributed by atoms with van der Waals surface area (Å²) >= 11 is 0. The van der Waals surface area contributed by atoms with Gasteiger partial charge in [0.1, 0.15) is 18.1 Å². The van der Waals surface area contributed by atoms with Crippen molar-refractivity contribution in [3.63, 3.8) is 0 Å². The molecule has 0 aliphatic heterocycles. The lowest BCUT2D eigenvalue weighted by molar-refractivity contribution is 0.261. The second-order valence-electron chi connectivity index (χ2n) is 7.80. The van der Waals surface area contributed by atoms with E-state index in [2.05, 4.69) is 61.2 Å². The number of ether oxygens (including phenoxy) is 1. The van der Waals surface area contributed by atoms with Gasteiger partial charge in [0.05, 0.1) is 0 Å². The van der Waals surface area contributed by atoms with Crippen molar-refractivity contribution in [1.82, 2.24) is 4.90 Å². The molecule has 30 heavy (non-hydrogen) atoms. The first-order chi connectivity index (χ1) is 14.5. The van der Waals surface area contributed by atoms with Gasteiger partial charge < -0.3 is 14.7 Å². The second-order valence-corrected chi connectivity index (χ2v) is 7.80. The summed E-state index contributed by atoms with van der Waals surface area (Å²) in [4.78, 5) is 2.10. The van der Waals surface area contributed by atoms with Gasteiger partial charge in [-0.15, -0.1) is 0 Å². The van der Waals surface area contributed by atoms with Gasteiger partial charge in [-0.25, -0.2) is 0 Å². The molecule has 3 rings (SSSR count). The molecule has 0 bridgehead atoms. The molecule has 0 spiro atoms. The first kappa shape index (κ1) is 21.7. The maximum absolute atomic E-state index is 10.1. The Morgan fingerprint density at radius 3 is 2.13 bits per heavy atom. The maximum atomic E-state index is 10.1. The SMILES string of the molecule is CC/C(=C(/c1ccc(OCCN(C)C)cc1)c1cccc(O)c1)c1ccc(C)cc1. The number of benzene rings is 3. The third-order valence-corrected chi connectivity index (χ3v) is 5.14. The lowest BCUT2D eigenvalue weighted by atomic mass is 9.88. The van der Waals surface area contributed by atoms with Gasteiger partial charge in [-0.2, -0.15) is 0 Å². The van der Waals surface area contributed by atoms with E-state index in [0.29, 0.717) is 6.61 Å². The van der Waals surface area contributed by atoms with Crippen molar-refractivity contribution in [2.45, 2.75) is 20.3 Å². The van der Waals surface area contributed by atoms with Crippen LogP contribution in [-0.2, 0) is 0 Å².